The van der Waals surface area contributed by atoms with Crippen LogP contribution in [0, 0.1) is 5.92 Å². The zero-order chi connectivity index (χ0) is 29.1. The van der Waals surface area contributed by atoms with E-state index >= 15 is 0 Å². The third kappa shape index (κ3) is 5.31. The van der Waals surface area contributed by atoms with E-state index in [1.54, 1.807) is 24.3 Å². The number of sulfonamides is 1. The van der Waals surface area contributed by atoms with Crippen molar-refractivity contribution in [3.8, 4) is 5.75 Å². The molecule has 2 aliphatic heterocycles. The maximum atomic E-state index is 14.0. The molecule has 1 saturated heterocycles. The summed E-state index contributed by atoms with van der Waals surface area (Å²) in [5, 5.41) is 2.60. The summed E-state index contributed by atoms with van der Waals surface area (Å²) >= 11 is 0. The average Bonchev–Trinajstić information content (AvgIpc) is 3.41. The molecule has 0 bridgehead atoms. The van der Waals surface area contributed by atoms with Crippen LogP contribution in [0.15, 0.2) is 36.4 Å². The second kappa shape index (κ2) is 11.4. The molecule has 1 saturated carbocycles. The lowest BCUT2D eigenvalue weighted by Crippen LogP contribution is -2.68. The Hall–Kier alpha value is -3.81. The number of anilines is 1. The van der Waals surface area contributed by atoms with Gasteiger partial charge in [-0.05, 0) is 57.1 Å². The van der Waals surface area contributed by atoms with Gasteiger partial charge in [-0.15, -0.1) is 0 Å². The fraction of sp³-hybridized carbons (Fsp3) is 0.538. The molecule has 2 fully saturated rings. The maximum absolute atomic E-state index is 14.0. The predicted octanol–water partition coefficient (Wildman–Crippen LogP) is 1.10. The highest BCUT2D eigenvalue weighted by molar-refractivity contribution is 7.94. The maximum Gasteiger partial charge on any atom is 0.405 e. The number of benzene rings is 1. The lowest BCUT2D eigenvalue weighted by Gasteiger charge is -2.37. The predicted molar refractivity (Wildman–Crippen MR) is 144 cm³/mol. The minimum atomic E-state index is -4.32. The molecule has 1 aromatic rings. The van der Waals surface area contributed by atoms with Crippen molar-refractivity contribution in [1.82, 2.24) is 10.2 Å². The Morgan fingerprint density at radius 3 is 2.58 bits per heavy atom. The summed E-state index contributed by atoms with van der Waals surface area (Å²) in [5.74, 6) is -3.24. The highest BCUT2D eigenvalue weighted by Gasteiger charge is 2.67. The number of fused-ring (bicyclic) bond motifs is 2. The number of primary amides is 2. The third-order valence-electron chi connectivity index (χ3n) is 7.79. The molecule has 4 unspecified atom stereocenters. The van der Waals surface area contributed by atoms with Gasteiger partial charge in [-0.25, -0.2) is 13.2 Å². The number of carbonyl (C=O) groups excluding carboxylic acids is 4. The van der Waals surface area contributed by atoms with Crippen molar-refractivity contribution in [1.29, 1.82) is 0 Å². The van der Waals surface area contributed by atoms with Crippen molar-refractivity contribution >= 4 is 39.5 Å². The van der Waals surface area contributed by atoms with Gasteiger partial charge in [0.1, 0.15) is 5.75 Å². The number of para-hydroxylation sites is 2. The largest absolute Gasteiger partial charge is 0.495 e. The molecular formula is C26H35N5O8S. The summed E-state index contributed by atoms with van der Waals surface area (Å²) < 4.78 is 40.6. The van der Waals surface area contributed by atoms with Crippen LogP contribution in [0.25, 0.3) is 0 Å². The van der Waals surface area contributed by atoms with Crippen molar-refractivity contribution in [2.24, 2.45) is 17.4 Å². The standard InChI is InChI=1S/C26H35N5O8S/c1-38-19-12-8-7-11-18(19)30-40(36,37)26-16-17(26)10-5-3-2-4-6-13-20(39-24(28)35)21(32)31-15-9-14-25(31,22(27)33)23(34)29-26/h5,7-8,10-12,17,20,30H,2-4,6,9,13-16H2,1H3,(H2,27,33)(H2,28,35)(H,29,34). The molecule has 0 aromatic heterocycles. The number of carbonyl (C=O) groups is 4. The van der Waals surface area contributed by atoms with E-state index < -0.39 is 56.3 Å². The van der Waals surface area contributed by atoms with E-state index in [0.29, 0.717) is 19.3 Å². The van der Waals surface area contributed by atoms with E-state index in [2.05, 4.69) is 10.0 Å². The number of rotatable bonds is 6. The number of ether oxygens (including phenoxy) is 2. The number of methoxy groups -OCH3 is 1. The SMILES string of the molecule is COc1ccccc1NS(=O)(=O)C12CC1C=CCCCCCC(OC(N)=O)C(=O)N1CCCC1(C(N)=O)C(=O)N2. The van der Waals surface area contributed by atoms with Gasteiger partial charge in [-0.1, -0.05) is 30.7 Å². The highest BCUT2D eigenvalue weighted by atomic mass is 32.2. The van der Waals surface area contributed by atoms with Crippen LogP contribution in [0.1, 0.15) is 51.4 Å². The van der Waals surface area contributed by atoms with E-state index in [4.69, 9.17) is 20.9 Å². The van der Waals surface area contributed by atoms with Crippen LogP contribution < -0.4 is 26.2 Å². The topological polar surface area (TPSA) is 200 Å². The van der Waals surface area contributed by atoms with Gasteiger partial charge in [0, 0.05) is 12.5 Å². The summed E-state index contributed by atoms with van der Waals surface area (Å²) in [6, 6.07) is 6.42. The fourth-order valence-corrected chi connectivity index (χ4v) is 7.31. The molecule has 0 radical (unpaired) electrons. The molecule has 2 heterocycles. The van der Waals surface area contributed by atoms with Gasteiger partial charge in [-0.3, -0.25) is 19.1 Å². The van der Waals surface area contributed by atoms with Gasteiger partial charge in [0.25, 0.3) is 27.7 Å². The molecule has 1 aromatic carbocycles. The van der Waals surface area contributed by atoms with Crippen LogP contribution >= 0.6 is 0 Å². The summed E-state index contributed by atoms with van der Waals surface area (Å²) in [5.41, 5.74) is 8.95. The van der Waals surface area contributed by atoms with Crippen LogP contribution in [0.2, 0.25) is 0 Å². The minimum Gasteiger partial charge on any atom is -0.495 e. The minimum absolute atomic E-state index is 0.0175. The lowest BCUT2D eigenvalue weighted by molar-refractivity contribution is -0.157. The number of allylic oxidation sites excluding steroid dienone is 1. The quantitative estimate of drug-likeness (QED) is 0.284. The van der Waals surface area contributed by atoms with E-state index in [0.717, 1.165) is 11.3 Å². The number of hydrogen-bond acceptors (Lipinski definition) is 8. The first-order chi connectivity index (χ1) is 19.0. The first-order valence-electron chi connectivity index (χ1n) is 13.2. The van der Waals surface area contributed by atoms with Crippen molar-refractivity contribution in [2.75, 3.05) is 18.4 Å². The van der Waals surface area contributed by atoms with Gasteiger partial charge in [0.15, 0.2) is 11.0 Å². The molecule has 4 atom stereocenters. The molecular weight excluding hydrogens is 542 g/mol. The third-order valence-corrected chi connectivity index (χ3v) is 9.81. The molecule has 1 aliphatic carbocycles. The normalized spacial score (nSPS) is 29.2. The van der Waals surface area contributed by atoms with Crippen LogP contribution in [-0.4, -0.2) is 67.3 Å². The van der Waals surface area contributed by atoms with Crippen molar-refractivity contribution in [2.45, 2.75) is 67.9 Å². The van der Waals surface area contributed by atoms with E-state index in [1.807, 2.05) is 6.08 Å². The van der Waals surface area contributed by atoms with Crippen LogP contribution in [-0.2, 0) is 29.1 Å². The number of hydrogen-bond donors (Lipinski definition) is 4. The Morgan fingerprint density at radius 1 is 1.12 bits per heavy atom. The molecule has 40 heavy (non-hydrogen) atoms. The van der Waals surface area contributed by atoms with Gasteiger partial charge in [0.05, 0.1) is 12.8 Å². The highest BCUT2D eigenvalue weighted by Crippen LogP contribution is 2.50. The van der Waals surface area contributed by atoms with E-state index in [1.165, 1.54) is 13.2 Å². The van der Waals surface area contributed by atoms with Crippen molar-refractivity contribution in [3.63, 3.8) is 0 Å². The second-order valence-corrected chi connectivity index (χ2v) is 12.2. The molecule has 13 nitrogen and oxygen atoms in total. The Balaban J connectivity index is 1.75. The first-order valence-corrected chi connectivity index (χ1v) is 14.7. The monoisotopic (exact) mass is 577 g/mol. The average molecular weight is 578 g/mol. The molecule has 4 amide bonds. The Kier molecular flexibility index (Phi) is 8.28. The van der Waals surface area contributed by atoms with Crippen LogP contribution in [0.3, 0.4) is 0 Å². The second-order valence-electron chi connectivity index (χ2n) is 10.3. The number of nitrogens with one attached hydrogen (secondary N) is 2. The number of nitrogens with zero attached hydrogens (tertiary/aromatic N) is 1. The number of nitrogens with two attached hydrogens (primary N) is 2. The smallest absolute Gasteiger partial charge is 0.405 e. The Bertz CT molecular complexity index is 1320. The van der Waals surface area contributed by atoms with Crippen LogP contribution in [0.5, 0.6) is 5.75 Å². The fourth-order valence-electron chi connectivity index (χ4n) is 5.57. The van der Waals surface area contributed by atoms with Gasteiger partial charge in [-0.2, -0.15) is 0 Å². The molecule has 4 rings (SSSR count). The van der Waals surface area contributed by atoms with Crippen molar-refractivity contribution < 1.29 is 37.1 Å². The van der Waals surface area contributed by atoms with Gasteiger partial charge in [0.2, 0.25) is 5.54 Å². The summed E-state index contributed by atoms with van der Waals surface area (Å²) in [6.45, 7) is -0.0175. The molecule has 218 valence electrons. The lowest BCUT2D eigenvalue weighted by atomic mass is 9.92. The van der Waals surface area contributed by atoms with E-state index in [9.17, 15) is 27.6 Å². The van der Waals surface area contributed by atoms with Crippen LogP contribution in [0.4, 0.5) is 10.5 Å². The zero-order valence-corrected chi connectivity index (χ0v) is 23.1. The Labute approximate surface area is 232 Å². The zero-order valence-electron chi connectivity index (χ0n) is 22.3. The Morgan fingerprint density at radius 2 is 1.88 bits per heavy atom. The molecule has 3 aliphatic rings. The van der Waals surface area contributed by atoms with E-state index in [-0.39, 0.29) is 43.7 Å². The number of amides is 4. The summed E-state index contributed by atoms with van der Waals surface area (Å²) in [4.78, 5) is 51.2. The van der Waals surface area contributed by atoms with Gasteiger partial charge >= 0.3 is 6.09 Å². The van der Waals surface area contributed by atoms with Crippen molar-refractivity contribution in [3.05, 3.63) is 36.4 Å². The molecule has 14 heteroatoms. The molecule has 6 N–H and O–H groups in total. The summed E-state index contributed by atoms with van der Waals surface area (Å²) in [7, 11) is -2.92. The summed E-state index contributed by atoms with van der Waals surface area (Å²) in [6.07, 6.45) is 3.99. The van der Waals surface area contributed by atoms with Gasteiger partial charge < -0.3 is 31.2 Å². The first kappa shape index (κ1) is 29.2. The molecule has 0 spiro atoms.